The lowest BCUT2D eigenvalue weighted by molar-refractivity contribution is -0.121. The largest absolute Gasteiger partial charge is 0.356 e. The van der Waals surface area contributed by atoms with E-state index in [0.717, 1.165) is 5.56 Å². The normalized spacial score (nSPS) is 11.5. The number of benzene rings is 1. The Morgan fingerprint density at radius 1 is 1.27 bits per heavy atom. The zero-order valence-corrected chi connectivity index (χ0v) is 13.8. The Morgan fingerprint density at radius 2 is 1.95 bits per heavy atom. The number of carbonyl (C=O) groups is 1. The van der Waals surface area contributed by atoms with E-state index < -0.39 is 0 Å². The molecule has 0 aliphatic carbocycles. The minimum absolute atomic E-state index is 0.0128. The maximum Gasteiger partial charge on any atom is 0.227 e. The van der Waals surface area contributed by atoms with Crippen LogP contribution in [0.1, 0.15) is 33.1 Å². The summed E-state index contributed by atoms with van der Waals surface area (Å²) in [5, 5.41) is 7.47. The Bertz CT molecular complexity index is 630. The number of carbonyl (C=O) groups excluding carboxylic acids is 1. The number of rotatable bonds is 5. The Balaban J connectivity index is 1.87. The molecule has 2 rings (SSSR count). The predicted molar refractivity (Wildman–Crippen MR) is 85.5 cm³/mol. The summed E-state index contributed by atoms with van der Waals surface area (Å²) in [4.78, 5) is 16.1. The van der Waals surface area contributed by atoms with Crippen molar-refractivity contribution in [1.82, 2.24) is 15.5 Å². The van der Waals surface area contributed by atoms with Crippen LogP contribution in [0.4, 0.5) is 0 Å². The van der Waals surface area contributed by atoms with Crippen LogP contribution in [0.25, 0.3) is 11.4 Å². The Kier molecular flexibility index (Phi) is 5.19. The van der Waals surface area contributed by atoms with E-state index in [4.69, 9.17) is 16.1 Å². The topological polar surface area (TPSA) is 68.0 Å². The van der Waals surface area contributed by atoms with Crippen molar-refractivity contribution in [1.29, 1.82) is 0 Å². The lowest BCUT2D eigenvalue weighted by Gasteiger charge is -2.18. The molecule has 0 radical (unpaired) electrons. The molecule has 0 saturated heterocycles. The highest BCUT2D eigenvalue weighted by molar-refractivity contribution is 6.30. The highest BCUT2D eigenvalue weighted by atomic mass is 35.5. The van der Waals surface area contributed by atoms with Crippen LogP contribution in [0.3, 0.4) is 0 Å². The van der Waals surface area contributed by atoms with Crippen LogP contribution in [-0.2, 0) is 11.2 Å². The van der Waals surface area contributed by atoms with E-state index in [1.54, 1.807) is 12.1 Å². The van der Waals surface area contributed by atoms with E-state index >= 15 is 0 Å². The molecule has 6 heteroatoms. The first-order chi connectivity index (χ1) is 10.3. The second-order valence-corrected chi connectivity index (χ2v) is 6.79. The van der Waals surface area contributed by atoms with Gasteiger partial charge in [0.2, 0.25) is 17.6 Å². The molecule has 0 bridgehead atoms. The molecule has 1 N–H and O–H groups in total. The third kappa shape index (κ3) is 5.15. The van der Waals surface area contributed by atoms with Crippen LogP contribution in [0.5, 0.6) is 0 Å². The van der Waals surface area contributed by atoms with Gasteiger partial charge in [-0.2, -0.15) is 4.98 Å². The second kappa shape index (κ2) is 6.92. The van der Waals surface area contributed by atoms with E-state index in [0.29, 0.717) is 36.1 Å². The fourth-order valence-corrected chi connectivity index (χ4v) is 1.87. The van der Waals surface area contributed by atoms with E-state index in [2.05, 4.69) is 36.2 Å². The lowest BCUT2D eigenvalue weighted by atomic mass is 9.97. The van der Waals surface area contributed by atoms with Gasteiger partial charge in [0, 0.05) is 30.0 Å². The minimum Gasteiger partial charge on any atom is -0.356 e. The van der Waals surface area contributed by atoms with Gasteiger partial charge in [-0.1, -0.05) is 37.5 Å². The maximum atomic E-state index is 11.8. The molecule has 0 spiro atoms. The van der Waals surface area contributed by atoms with E-state index in [9.17, 15) is 4.79 Å². The number of aryl methyl sites for hydroxylation is 1. The van der Waals surface area contributed by atoms with Gasteiger partial charge >= 0.3 is 0 Å². The zero-order chi connectivity index (χ0) is 16.2. The fourth-order valence-electron chi connectivity index (χ4n) is 1.75. The molecule has 0 aliphatic heterocycles. The lowest BCUT2D eigenvalue weighted by Crippen LogP contribution is -2.32. The first-order valence-electron chi connectivity index (χ1n) is 7.19. The van der Waals surface area contributed by atoms with Gasteiger partial charge in [-0.25, -0.2) is 0 Å². The number of nitrogens with one attached hydrogen (secondary N) is 1. The molecule has 2 aromatic rings. The molecule has 1 amide bonds. The van der Waals surface area contributed by atoms with Gasteiger partial charge < -0.3 is 9.84 Å². The third-order valence-corrected chi connectivity index (χ3v) is 3.20. The van der Waals surface area contributed by atoms with E-state index in [1.165, 1.54) is 0 Å². The molecule has 22 heavy (non-hydrogen) atoms. The third-order valence-electron chi connectivity index (χ3n) is 2.95. The number of aromatic nitrogens is 2. The van der Waals surface area contributed by atoms with Crippen LogP contribution < -0.4 is 5.32 Å². The molecule has 1 heterocycles. The SMILES string of the molecule is CC(C)(C)CNC(=O)CCc1nc(-c2ccc(Cl)cc2)no1. The molecule has 118 valence electrons. The van der Waals surface area contributed by atoms with Crippen molar-refractivity contribution in [2.75, 3.05) is 6.54 Å². The summed E-state index contributed by atoms with van der Waals surface area (Å²) in [6.45, 7) is 6.86. The van der Waals surface area contributed by atoms with Crippen LogP contribution in [0.15, 0.2) is 28.8 Å². The highest BCUT2D eigenvalue weighted by Gasteiger charge is 2.14. The van der Waals surface area contributed by atoms with Gasteiger partial charge in [0.05, 0.1) is 0 Å². The van der Waals surface area contributed by atoms with Gasteiger partial charge in [0.25, 0.3) is 0 Å². The van der Waals surface area contributed by atoms with Gasteiger partial charge in [-0.15, -0.1) is 0 Å². The van der Waals surface area contributed by atoms with E-state index in [1.807, 2.05) is 12.1 Å². The summed E-state index contributed by atoms with van der Waals surface area (Å²) in [5.41, 5.74) is 0.902. The second-order valence-electron chi connectivity index (χ2n) is 6.36. The maximum absolute atomic E-state index is 11.8. The van der Waals surface area contributed by atoms with Gasteiger partial charge in [0.15, 0.2) is 0 Å². The summed E-state index contributed by atoms with van der Waals surface area (Å²) in [5.74, 6) is 0.943. The van der Waals surface area contributed by atoms with Crippen molar-refractivity contribution < 1.29 is 9.32 Å². The monoisotopic (exact) mass is 321 g/mol. The molecule has 0 unspecified atom stereocenters. The molecule has 1 aromatic heterocycles. The Labute approximate surface area is 135 Å². The van der Waals surface area contributed by atoms with Crippen LogP contribution in [0.2, 0.25) is 5.02 Å². The van der Waals surface area contributed by atoms with Gasteiger partial charge in [0.1, 0.15) is 0 Å². The van der Waals surface area contributed by atoms with Crippen LogP contribution in [0, 0.1) is 5.41 Å². The fraction of sp³-hybridized carbons (Fsp3) is 0.438. The Morgan fingerprint density at radius 3 is 2.59 bits per heavy atom. The van der Waals surface area contributed by atoms with Crippen LogP contribution in [-0.4, -0.2) is 22.6 Å². The number of amides is 1. The number of hydrogen-bond donors (Lipinski definition) is 1. The van der Waals surface area contributed by atoms with Crippen molar-refractivity contribution >= 4 is 17.5 Å². The van der Waals surface area contributed by atoms with E-state index in [-0.39, 0.29) is 11.3 Å². The average Bonchev–Trinajstić information content (AvgIpc) is 2.92. The predicted octanol–water partition coefficient (Wildman–Crippen LogP) is 3.48. The highest BCUT2D eigenvalue weighted by Crippen LogP contribution is 2.19. The molecule has 0 atom stereocenters. The number of halogens is 1. The van der Waals surface area contributed by atoms with Crippen molar-refractivity contribution in [3.8, 4) is 11.4 Å². The zero-order valence-electron chi connectivity index (χ0n) is 13.0. The molecule has 0 fully saturated rings. The summed E-state index contributed by atoms with van der Waals surface area (Å²) >= 11 is 5.84. The first-order valence-corrected chi connectivity index (χ1v) is 7.56. The summed E-state index contributed by atoms with van der Waals surface area (Å²) < 4.78 is 5.17. The minimum atomic E-state index is -0.0128. The number of hydrogen-bond acceptors (Lipinski definition) is 4. The van der Waals surface area contributed by atoms with Crippen molar-refractivity contribution in [3.05, 3.63) is 35.2 Å². The molecular formula is C16H20ClN3O2. The first kappa shape index (κ1) is 16.5. The smallest absolute Gasteiger partial charge is 0.227 e. The quantitative estimate of drug-likeness (QED) is 0.915. The van der Waals surface area contributed by atoms with Crippen molar-refractivity contribution in [2.45, 2.75) is 33.6 Å². The van der Waals surface area contributed by atoms with Crippen molar-refractivity contribution in [2.24, 2.45) is 5.41 Å². The number of nitrogens with zero attached hydrogens (tertiary/aromatic N) is 2. The van der Waals surface area contributed by atoms with Crippen LogP contribution >= 0.6 is 11.6 Å². The summed E-state index contributed by atoms with van der Waals surface area (Å²) in [6.07, 6.45) is 0.759. The molecule has 0 saturated carbocycles. The molecular weight excluding hydrogens is 302 g/mol. The summed E-state index contributed by atoms with van der Waals surface area (Å²) in [6, 6.07) is 7.19. The molecule has 1 aromatic carbocycles. The molecule has 5 nitrogen and oxygen atoms in total. The van der Waals surface area contributed by atoms with Gasteiger partial charge in [-0.05, 0) is 29.7 Å². The standard InChI is InChI=1S/C16H20ClN3O2/c1-16(2,3)10-18-13(21)8-9-14-19-15(20-22-14)11-4-6-12(17)7-5-11/h4-7H,8-10H2,1-3H3,(H,18,21). The molecule has 0 aliphatic rings. The Hall–Kier alpha value is -1.88. The van der Waals surface area contributed by atoms with Gasteiger partial charge in [-0.3, -0.25) is 4.79 Å². The summed E-state index contributed by atoms with van der Waals surface area (Å²) in [7, 11) is 0. The average molecular weight is 322 g/mol. The van der Waals surface area contributed by atoms with Crippen molar-refractivity contribution in [3.63, 3.8) is 0 Å².